The molecule has 2 nitrogen and oxygen atoms in total. The predicted molar refractivity (Wildman–Crippen MR) is 76.4 cm³/mol. The molecule has 1 fully saturated rings. The molecule has 0 aromatic rings. The van der Waals surface area contributed by atoms with Gasteiger partial charge in [-0.05, 0) is 31.2 Å². The Morgan fingerprint density at radius 3 is 2.47 bits per heavy atom. The summed E-state index contributed by atoms with van der Waals surface area (Å²) in [6, 6.07) is 1.45. The molecule has 2 atom stereocenters. The minimum Gasteiger partial charge on any atom is -0.311 e. The normalized spacial score (nSPS) is 27.0. The number of piperazine rings is 1. The minimum absolute atomic E-state index is 0.710. The Bertz CT molecular complexity index is 201. The summed E-state index contributed by atoms with van der Waals surface area (Å²) in [7, 11) is 0. The first kappa shape index (κ1) is 15.0. The van der Waals surface area contributed by atoms with Gasteiger partial charge in [-0.1, -0.05) is 41.0 Å². The molecule has 2 heteroatoms. The molecule has 0 aromatic carbocycles. The average Bonchev–Trinajstić information content (AvgIpc) is 2.25. The zero-order valence-electron chi connectivity index (χ0n) is 12.5. The quantitative estimate of drug-likeness (QED) is 0.767. The predicted octanol–water partition coefficient (Wildman–Crippen LogP) is 3.13. The van der Waals surface area contributed by atoms with Gasteiger partial charge in [-0.2, -0.15) is 0 Å². The van der Waals surface area contributed by atoms with E-state index in [9.17, 15) is 0 Å². The highest BCUT2D eigenvalue weighted by Gasteiger charge is 2.29. The molecule has 0 radical (unpaired) electrons. The van der Waals surface area contributed by atoms with E-state index in [1.54, 1.807) is 0 Å². The van der Waals surface area contributed by atoms with Crippen molar-refractivity contribution >= 4 is 0 Å². The Kier molecular flexibility index (Phi) is 6.50. The molecule has 1 saturated heterocycles. The Labute approximate surface area is 108 Å². The maximum atomic E-state index is 3.75. The third kappa shape index (κ3) is 4.97. The lowest BCUT2D eigenvalue weighted by Crippen LogP contribution is -2.58. The third-order valence-electron chi connectivity index (χ3n) is 3.86. The molecule has 2 unspecified atom stereocenters. The maximum Gasteiger partial charge on any atom is 0.0244 e. The van der Waals surface area contributed by atoms with Crippen LogP contribution in [0.3, 0.4) is 0 Å². The summed E-state index contributed by atoms with van der Waals surface area (Å²) >= 11 is 0. The van der Waals surface area contributed by atoms with E-state index >= 15 is 0 Å². The molecule has 1 aliphatic rings. The zero-order chi connectivity index (χ0) is 12.8. The van der Waals surface area contributed by atoms with Gasteiger partial charge < -0.3 is 5.32 Å². The van der Waals surface area contributed by atoms with Crippen LogP contribution >= 0.6 is 0 Å². The second kappa shape index (κ2) is 7.38. The summed E-state index contributed by atoms with van der Waals surface area (Å²) in [6.07, 6.45) is 3.97. The number of nitrogens with zero attached hydrogens (tertiary/aromatic N) is 1. The smallest absolute Gasteiger partial charge is 0.0244 e. The van der Waals surface area contributed by atoms with E-state index in [4.69, 9.17) is 0 Å². The van der Waals surface area contributed by atoms with Crippen LogP contribution in [0.1, 0.15) is 53.9 Å². The second-order valence-electron chi connectivity index (χ2n) is 6.39. The molecule has 102 valence electrons. The first-order valence-corrected chi connectivity index (χ1v) is 7.52. The Morgan fingerprint density at radius 2 is 1.94 bits per heavy atom. The summed E-state index contributed by atoms with van der Waals surface area (Å²) in [5.41, 5.74) is 0. The van der Waals surface area contributed by atoms with Crippen molar-refractivity contribution in [1.82, 2.24) is 10.2 Å². The molecule has 0 saturated carbocycles. The van der Waals surface area contributed by atoms with Gasteiger partial charge in [0.15, 0.2) is 0 Å². The van der Waals surface area contributed by atoms with E-state index in [1.807, 2.05) is 0 Å². The molecule has 1 rings (SSSR count). The number of unbranched alkanes of at least 4 members (excludes halogenated alkanes) is 1. The van der Waals surface area contributed by atoms with Gasteiger partial charge in [0.25, 0.3) is 0 Å². The highest BCUT2D eigenvalue weighted by Crippen LogP contribution is 2.18. The molecule has 1 aliphatic heterocycles. The first-order valence-electron chi connectivity index (χ1n) is 7.52. The standard InChI is InChI=1S/C15H32N2/c1-6-7-8-17-11-14(9-12(2)3)16-10-15(17)13(4)5/h12-16H,6-11H2,1-5H3. The van der Waals surface area contributed by atoms with Crippen LogP contribution in [0, 0.1) is 11.8 Å². The van der Waals surface area contributed by atoms with Crippen molar-refractivity contribution in [3.05, 3.63) is 0 Å². The summed E-state index contributed by atoms with van der Waals surface area (Å²) in [4.78, 5) is 2.73. The van der Waals surface area contributed by atoms with Gasteiger partial charge in [-0.3, -0.25) is 4.90 Å². The molecule has 0 bridgehead atoms. The molecule has 0 aromatic heterocycles. The highest BCUT2D eigenvalue weighted by molar-refractivity contribution is 4.88. The summed E-state index contributed by atoms with van der Waals surface area (Å²) in [6.45, 7) is 15.4. The maximum absolute atomic E-state index is 3.75. The lowest BCUT2D eigenvalue weighted by atomic mass is 9.94. The van der Waals surface area contributed by atoms with Gasteiger partial charge in [0, 0.05) is 25.2 Å². The lowest BCUT2D eigenvalue weighted by molar-refractivity contribution is 0.0908. The van der Waals surface area contributed by atoms with Crippen LogP contribution in [-0.4, -0.2) is 36.6 Å². The van der Waals surface area contributed by atoms with E-state index in [0.29, 0.717) is 6.04 Å². The van der Waals surface area contributed by atoms with Crippen LogP contribution in [-0.2, 0) is 0 Å². The number of hydrogen-bond donors (Lipinski definition) is 1. The molecular weight excluding hydrogens is 208 g/mol. The van der Waals surface area contributed by atoms with Crippen molar-refractivity contribution in [1.29, 1.82) is 0 Å². The monoisotopic (exact) mass is 240 g/mol. The molecule has 0 spiro atoms. The van der Waals surface area contributed by atoms with Gasteiger partial charge in [0.2, 0.25) is 0 Å². The van der Waals surface area contributed by atoms with E-state index in [1.165, 1.54) is 38.9 Å². The van der Waals surface area contributed by atoms with Gasteiger partial charge in [0.1, 0.15) is 0 Å². The fourth-order valence-electron chi connectivity index (χ4n) is 2.90. The Balaban J connectivity index is 2.50. The van der Waals surface area contributed by atoms with Crippen LogP contribution in [0.5, 0.6) is 0 Å². The van der Waals surface area contributed by atoms with E-state index in [-0.39, 0.29) is 0 Å². The largest absolute Gasteiger partial charge is 0.311 e. The van der Waals surface area contributed by atoms with Gasteiger partial charge in [-0.15, -0.1) is 0 Å². The SMILES string of the molecule is CCCCN1CC(CC(C)C)NCC1C(C)C. The van der Waals surface area contributed by atoms with E-state index in [2.05, 4.69) is 44.8 Å². The molecule has 1 N–H and O–H groups in total. The Morgan fingerprint density at radius 1 is 1.24 bits per heavy atom. The lowest BCUT2D eigenvalue weighted by Gasteiger charge is -2.43. The van der Waals surface area contributed by atoms with Crippen molar-refractivity contribution in [3.63, 3.8) is 0 Å². The molecular formula is C15H32N2. The minimum atomic E-state index is 0.710. The van der Waals surface area contributed by atoms with Gasteiger partial charge in [0.05, 0.1) is 0 Å². The van der Waals surface area contributed by atoms with Crippen LogP contribution in [0.25, 0.3) is 0 Å². The summed E-state index contributed by atoms with van der Waals surface area (Å²) < 4.78 is 0. The molecule has 1 heterocycles. The van der Waals surface area contributed by atoms with E-state index in [0.717, 1.165) is 17.9 Å². The van der Waals surface area contributed by atoms with Gasteiger partial charge >= 0.3 is 0 Å². The number of nitrogens with one attached hydrogen (secondary N) is 1. The van der Waals surface area contributed by atoms with E-state index < -0.39 is 0 Å². The highest BCUT2D eigenvalue weighted by atomic mass is 15.2. The number of hydrogen-bond acceptors (Lipinski definition) is 2. The zero-order valence-corrected chi connectivity index (χ0v) is 12.5. The first-order chi connectivity index (χ1) is 8.04. The van der Waals surface area contributed by atoms with Crippen LogP contribution in [0.4, 0.5) is 0 Å². The fourth-order valence-corrected chi connectivity index (χ4v) is 2.90. The van der Waals surface area contributed by atoms with Crippen molar-refractivity contribution in [3.8, 4) is 0 Å². The van der Waals surface area contributed by atoms with Gasteiger partial charge in [-0.25, -0.2) is 0 Å². The Hall–Kier alpha value is -0.0800. The van der Waals surface area contributed by atoms with Crippen LogP contribution in [0.15, 0.2) is 0 Å². The number of rotatable bonds is 6. The van der Waals surface area contributed by atoms with Crippen LogP contribution < -0.4 is 5.32 Å². The van der Waals surface area contributed by atoms with Crippen molar-refractivity contribution in [2.24, 2.45) is 11.8 Å². The van der Waals surface area contributed by atoms with Crippen molar-refractivity contribution < 1.29 is 0 Å². The van der Waals surface area contributed by atoms with Crippen molar-refractivity contribution in [2.75, 3.05) is 19.6 Å². The summed E-state index contributed by atoms with van der Waals surface area (Å²) in [5, 5.41) is 3.75. The summed E-state index contributed by atoms with van der Waals surface area (Å²) in [5.74, 6) is 1.57. The van der Waals surface area contributed by atoms with Crippen molar-refractivity contribution in [2.45, 2.75) is 66.0 Å². The fraction of sp³-hybridized carbons (Fsp3) is 1.00. The molecule has 0 amide bonds. The topological polar surface area (TPSA) is 15.3 Å². The average molecular weight is 240 g/mol. The van der Waals surface area contributed by atoms with Crippen LogP contribution in [0.2, 0.25) is 0 Å². The molecule has 0 aliphatic carbocycles. The third-order valence-corrected chi connectivity index (χ3v) is 3.86. The second-order valence-corrected chi connectivity index (χ2v) is 6.39. The molecule has 17 heavy (non-hydrogen) atoms.